The number of halogens is 1. The van der Waals surface area contributed by atoms with Gasteiger partial charge in [0, 0.05) is 30.7 Å². The summed E-state index contributed by atoms with van der Waals surface area (Å²) in [4.78, 5) is 14.4. The first-order valence-electron chi connectivity index (χ1n) is 9.82. The summed E-state index contributed by atoms with van der Waals surface area (Å²) in [5, 5.41) is 3.64. The molecule has 2 aromatic rings. The maximum Gasteiger partial charge on any atom is 0.407 e. The molecule has 1 unspecified atom stereocenters. The van der Waals surface area contributed by atoms with Crippen LogP contribution in [0.4, 0.5) is 4.79 Å². The number of benzene rings is 2. The summed E-state index contributed by atoms with van der Waals surface area (Å²) in [6.45, 7) is 7.85. The third kappa shape index (κ3) is 5.98. The SMILES string of the molecule is CC(C)(C)OC(=O)NCCN1Cc2ccccc2CC1Cc1ccc(Cl)cc1. The highest BCUT2D eigenvalue weighted by Crippen LogP contribution is 2.25. The van der Waals surface area contributed by atoms with E-state index in [2.05, 4.69) is 46.6 Å². The van der Waals surface area contributed by atoms with Gasteiger partial charge in [-0.15, -0.1) is 0 Å². The fourth-order valence-electron chi connectivity index (χ4n) is 3.61. The first-order chi connectivity index (χ1) is 13.3. The summed E-state index contributed by atoms with van der Waals surface area (Å²) in [6, 6.07) is 17.1. The van der Waals surface area contributed by atoms with Crippen molar-refractivity contribution in [1.29, 1.82) is 0 Å². The third-order valence-electron chi connectivity index (χ3n) is 4.92. The second kappa shape index (κ2) is 8.97. The molecule has 0 saturated heterocycles. The molecule has 0 bridgehead atoms. The van der Waals surface area contributed by atoms with Crippen LogP contribution in [0.3, 0.4) is 0 Å². The Bertz CT molecular complexity index is 799. The molecule has 0 radical (unpaired) electrons. The second-order valence-corrected chi connectivity index (χ2v) is 8.79. The fourth-order valence-corrected chi connectivity index (χ4v) is 3.74. The normalized spacial score (nSPS) is 17.1. The van der Waals surface area contributed by atoms with Crippen molar-refractivity contribution in [2.75, 3.05) is 13.1 Å². The Hall–Kier alpha value is -2.04. The zero-order valence-corrected chi connectivity index (χ0v) is 17.6. The fraction of sp³-hybridized carbons (Fsp3) is 0.435. The molecule has 0 aromatic heterocycles. The zero-order chi connectivity index (χ0) is 20.1. The van der Waals surface area contributed by atoms with Gasteiger partial charge in [0.1, 0.15) is 5.60 Å². The molecular formula is C23H29ClN2O2. The van der Waals surface area contributed by atoms with Crippen molar-refractivity contribution in [2.45, 2.75) is 51.8 Å². The van der Waals surface area contributed by atoms with Gasteiger partial charge >= 0.3 is 6.09 Å². The van der Waals surface area contributed by atoms with Crippen LogP contribution in [0.2, 0.25) is 5.02 Å². The number of alkyl carbamates (subject to hydrolysis) is 1. The van der Waals surface area contributed by atoms with Gasteiger partial charge in [0.05, 0.1) is 0 Å². The number of nitrogens with zero attached hydrogens (tertiary/aromatic N) is 1. The van der Waals surface area contributed by atoms with E-state index in [4.69, 9.17) is 16.3 Å². The van der Waals surface area contributed by atoms with Crippen LogP contribution in [0.25, 0.3) is 0 Å². The number of hydrogen-bond donors (Lipinski definition) is 1. The molecule has 1 aliphatic heterocycles. The van der Waals surface area contributed by atoms with Gasteiger partial charge in [0.2, 0.25) is 0 Å². The number of fused-ring (bicyclic) bond motifs is 1. The van der Waals surface area contributed by atoms with E-state index in [1.54, 1.807) is 0 Å². The molecule has 2 aromatic carbocycles. The third-order valence-corrected chi connectivity index (χ3v) is 5.17. The summed E-state index contributed by atoms with van der Waals surface area (Å²) in [5.74, 6) is 0. The summed E-state index contributed by atoms with van der Waals surface area (Å²) in [6.07, 6.45) is 1.60. The summed E-state index contributed by atoms with van der Waals surface area (Å²) in [5.41, 5.74) is 3.58. The molecule has 1 atom stereocenters. The molecule has 1 aliphatic rings. The number of ether oxygens (including phenoxy) is 1. The van der Waals surface area contributed by atoms with Gasteiger partial charge in [0.15, 0.2) is 0 Å². The molecule has 1 N–H and O–H groups in total. The Morgan fingerprint density at radius 3 is 2.50 bits per heavy atom. The van der Waals surface area contributed by atoms with Crippen LogP contribution in [0.5, 0.6) is 0 Å². The average molecular weight is 401 g/mol. The minimum atomic E-state index is -0.481. The van der Waals surface area contributed by atoms with Crippen molar-refractivity contribution < 1.29 is 9.53 Å². The molecule has 3 rings (SSSR count). The van der Waals surface area contributed by atoms with Crippen molar-refractivity contribution >= 4 is 17.7 Å². The topological polar surface area (TPSA) is 41.6 Å². The maximum atomic E-state index is 11.9. The molecule has 28 heavy (non-hydrogen) atoms. The second-order valence-electron chi connectivity index (χ2n) is 8.36. The predicted molar refractivity (Wildman–Crippen MR) is 114 cm³/mol. The zero-order valence-electron chi connectivity index (χ0n) is 16.9. The van der Waals surface area contributed by atoms with Crippen molar-refractivity contribution in [1.82, 2.24) is 10.2 Å². The van der Waals surface area contributed by atoms with Gasteiger partial charge in [-0.05, 0) is 62.4 Å². The summed E-state index contributed by atoms with van der Waals surface area (Å²) < 4.78 is 5.34. The largest absolute Gasteiger partial charge is 0.444 e. The molecule has 4 nitrogen and oxygen atoms in total. The van der Waals surface area contributed by atoms with Crippen molar-refractivity contribution in [3.63, 3.8) is 0 Å². The van der Waals surface area contributed by atoms with Crippen LogP contribution in [0.1, 0.15) is 37.5 Å². The number of hydrogen-bond acceptors (Lipinski definition) is 3. The Labute approximate surface area is 172 Å². The van der Waals surface area contributed by atoms with E-state index in [1.807, 2.05) is 32.9 Å². The Balaban J connectivity index is 1.65. The molecule has 1 heterocycles. The van der Waals surface area contributed by atoms with E-state index in [9.17, 15) is 4.79 Å². The van der Waals surface area contributed by atoms with Crippen LogP contribution in [-0.4, -0.2) is 35.7 Å². The van der Waals surface area contributed by atoms with E-state index in [1.165, 1.54) is 16.7 Å². The standard InChI is InChI=1S/C23H29ClN2O2/c1-23(2,3)28-22(27)25-12-13-26-16-19-7-5-4-6-18(19)15-21(26)14-17-8-10-20(24)11-9-17/h4-11,21H,12-16H2,1-3H3,(H,25,27). The number of carbonyl (C=O) groups excluding carboxylic acids is 1. The van der Waals surface area contributed by atoms with Gasteiger partial charge in [-0.3, -0.25) is 4.90 Å². The number of carbonyl (C=O) groups is 1. The first-order valence-corrected chi connectivity index (χ1v) is 10.2. The minimum Gasteiger partial charge on any atom is -0.444 e. The lowest BCUT2D eigenvalue weighted by molar-refractivity contribution is 0.0515. The van der Waals surface area contributed by atoms with E-state index < -0.39 is 5.60 Å². The Morgan fingerprint density at radius 2 is 1.82 bits per heavy atom. The van der Waals surface area contributed by atoms with Gasteiger partial charge < -0.3 is 10.1 Å². The minimum absolute atomic E-state index is 0.362. The van der Waals surface area contributed by atoms with E-state index >= 15 is 0 Å². The molecule has 150 valence electrons. The molecule has 0 aliphatic carbocycles. The van der Waals surface area contributed by atoms with Crippen LogP contribution in [0, 0.1) is 0 Å². The lowest BCUT2D eigenvalue weighted by Gasteiger charge is -2.37. The molecule has 0 saturated carbocycles. The van der Waals surface area contributed by atoms with Gasteiger partial charge in [0.25, 0.3) is 0 Å². The number of amides is 1. The van der Waals surface area contributed by atoms with E-state index in [0.29, 0.717) is 12.6 Å². The van der Waals surface area contributed by atoms with E-state index in [-0.39, 0.29) is 6.09 Å². The van der Waals surface area contributed by atoms with E-state index in [0.717, 1.165) is 31.0 Å². The molecule has 1 amide bonds. The smallest absolute Gasteiger partial charge is 0.407 e. The van der Waals surface area contributed by atoms with Crippen molar-refractivity contribution in [2.24, 2.45) is 0 Å². The van der Waals surface area contributed by atoms with Crippen molar-refractivity contribution in [3.05, 3.63) is 70.2 Å². The summed E-state index contributed by atoms with van der Waals surface area (Å²) in [7, 11) is 0. The molecule has 0 fully saturated rings. The van der Waals surface area contributed by atoms with Crippen LogP contribution >= 0.6 is 11.6 Å². The Kier molecular flexibility index (Phi) is 6.63. The van der Waals surface area contributed by atoms with Crippen molar-refractivity contribution in [3.8, 4) is 0 Å². The van der Waals surface area contributed by atoms with Crippen LogP contribution < -0.4 is 5.32 Å². The number of nitrogens with one attached hydrogen (secondary N) is 1. The van der Waals surface area contributed by atoms with Gasteiger partial charge in [-0.1, -0.05) is 48.0 Å². The predicted octanol–water partition coefficient (Wildman–Crippen LogP) is 4.83. The Morgan fingerprint density at radius 1 is 1.14 bits per heavy atom. The quantitative estimate of drug-likeness (QED) is 0.781. The summed E-state index contributed by atoms with van der Waals surface area (Å²) >= 11 is 6.03. The monoisotopic (exact) mass is 400 g/mol. The van der Waals surface area contributed by atoms with Crippen LogP contribution in [0.15, 0.2) is 48.5 Å². The average Bonchev–Trinajstić information content (AvgIpc) is 2.62. The lowest BCUT2D eigenvalue weighted by Crippen LogP contribution is -2.45. The highest BCUT2D eigenvalue weighted by Gasteiger charge is 2.26. The van der Waals surface area contributed by atoms with Crippen LogP contribution in [-0.2, 0) is 24.1 Å². The highest BCUT2D eigenvalue weighted by atomic mass is 35.5. The number of rotatable bonds is 5. The molecule has 0 spiro atoms. The van der Waals surface area contributed by atoms with Gasteiger partial charge in [-0.2, -0.15) is 0 Å². The highest BCUT2D eigenvalue weighted by molar-refractivity contribution is 6.30. The maximum absolute atomic E-state index is 11.9. The molecule has 5 heteroatoms. The molecular weight excluding hydrogens is 372 g/mol. The van der Waals surface area contributed by atoms with Gasteiger partial charge in [-0.25, -0.2) is 4.79 Å². The lowest BCUT2D eigenvalue weighted by atomic mass is 9.90. The first kappa shape index (κ1) is 20.7.